The lowest BCUT2D eigenvalue weighted by Gasteiger charge is -2.48. The third-order valence-corrected chi connectivity index (χ3v) is 5.97. The van der Waals surface area contributed by atoms with E-state index in [1.54, 1.807) is 45.0 Å². The molecule has 0 saturated heterocycles. The lowest BCUT2D eigenvalue weighted by Crippen LogP contribution is -2.59. The highest BCUT2D eigenvalue weighted by Crippen LogP contribution is 2.36. The van der Waals surface area contributed by atoms with Crippen molar-refractivity contribution in [3.8, 4) is 0 Å². The van der Waals surface area contributed by atoms with Gasteiger partial charge in [0, 0.05) is 23.9 Å². The zero-order valence-corrected chi connectivity index (χ0v) is 21.4. The van der Waals surface area contributed by atoms with E-state index in [-0.39, 0.29) is 42.5 Å². The van der Waals surface area contributed by atoms with Crippen molar-refractivity contribution in [2.24, 2.45) is 5.41 Å². The van der Waals surface area contributed by atoms with E-state index in [9.17, 15) is 13.6 Å². The molecule has 184 valence electrons. The number of aromatic nitrogens is 1. The molecule has 0 aliphatic carbocycles. The van der Waals surface area contributed by atoms with Gasteiger partial charge in [0.2, 0.25) is 0 Å². The number of aryl methyl sites for hydroxylation is 1. The number of halogens is 2. The molecule has 34 heavy (non-hydrogen) atoms. The Morgan fingerprint density at radius 1 is 1.29 bits per heavy atom. The van der Waals surface area contributed by atoms with E-state index >= 15 is 0 Å². The molecular formula is C25H35BF2N4O2. The predicted molar refractivity (Wildman–Crippen MR) is 133 cm³/mol. The number of amides is 1. The molecule has 6 nitrogen and oxygen atoms in total. The van der Waals surface area contributed by atoms with Crippen LogP contribution in [0.4, 0.5) is 14.6 Å². The number of anilines is 1. The molecule has 2 rings (SSSR count). The van der Waals surface area contributed by atoms with Gasteiger partial charge < -0.3 is 0 Å². The van der Waals surface area contributed by atoms with Crippen LogP contribution in [0.3, 0.4) is 0 Å². The average Bonchev–Trinajstić information content (AvgIpc) is 2.76. The second kappa shape index (κ2) is 11.3. The summed E-state index contributed by atoms with van der Waals surface area (Å²) < 4.78 is 28.6. The molecule has 1 N–H and O–H groups in total. The van der Waals surface area contributed by atoms with E-state index in [1.165, 1.54) is 11.1 Å². The highest BCUT2D eigenvalue weighted by molar-refractivity contribution is 6.33. The largest absolute Gasteiger partial charge is 0.270 e. The molecule has 0 spiro atoms. The fourth-order valence-electron chi connectivity index (χ4n) is 4.21. The van der Waals surface area contributed by atoms with Crippen molar-refractivity contribution in [2.75, 3.05) is 25.7 Å². The van der Waals surface area contributed by atoms with E-state index < -0.39 is 11.7 Å². The number of nitrogens with zero attached hydrogens (tertiary/aromatic N) is 3. The normalized spacial score (nSPS) is 19.0. The van der Waals surface area contributed by atoms with Crippen LogP contribution in [0.2, 0.25) is 0 Å². The van der Waals surface area contributed by atoms with Crippen molar-refractivity contribution >= 4 is 25.0 Å². The smallest absolute Gasteiger partial charge is 0.266 e. The predicted octanol–water partition coefficient (Wildman–Crippen LogP) is 4.45. The molecule has 0 fully saturated rings. The second-order valence-corrected chi connectivity index (χ2v) is 9.51. The van der Waals surface area contributed by atoms with Gasteiger partial charge in [0.05, 0.1) is 12.6 Å². The number of allylic oxidation sites excluding steroid dienone is 2. The number of pyridine rings is 1. The quantitative estimate of drug-likeness (QED) is 0.344. The van der Waals surface area contributed by atoms with Crippen LogP contribution < -0.4 is 10.9 Å². The summed E-state index contributed by atoms with van der Waals surface area (Å²) in [6.45, 7) is 12.9. The van der Waals surface area contributed by atoms with Gasteiger partial charge in [-0.1, -0.05) is 45.3 Å². The molecule has 2 radical (unpaired) electrons. The Morgan fingerprint density at radius 3 is 2.47 bits per heavy atom. The number of likely N-dealkylation sites (N-methyl/N-ethyl adjacent to an activating group) is 1. The van der Waals surface area contributed by atoms with Gasteiger partial charge in [0.1, 0.15) is 26.1 Å². The number of carbonyl (C=O) groups excluding carboxylic acids is 1. The van der Waals surface area contributed by atoms with E-state index in [2.05, 4.69) is 31.2 Å². The monoisotopic (exact) mass is 472 g/mol. The lowest BCUT2D eigenvalue weighted by molar-refractivity contribution is -0.151. The Labute approximate surface area is 203 Å². The number of nitrogens with one attached hydrogen (secondary N) is 1. The van der Waals surface area contributed by atoms with Crippen LogP contribution in [0, 0.1) is 12.3 Å². The first-order valence-electron chi connectivity index (χ1n) is 11.4. The van der Waals surface area contributed by atoms with Crippen LogP contribution in [-0.4, -0.2) is 55.0 Å². The Kier molecular flexibility index (Phi) is 9.19. The molecule has 1 aromatic heterocycles. The van der Waals surface area contributed by atoms with E-state index in [1.807, 2.05) is 6.92 Å². The number of hydrazine groups is 1. The number of carbonyl (C=O) groups is 1. The summed E-state index contributed by atoms with van der Waals surface area (Å²) in [5.74, 6) is -1.62. The van der Waals surface area contributed by atoms with E-state index in [4.69, 9.17) is 12.7 Å². The van der Waals surface area contributed by atoms with Crippen molar-refractivity contribution in [1.29, 1.82) is 0 Å². The Balaban J connectivity index is 2.35. The fourth-order valence-corrected chi connectivity index (χ4v) is 4.21. The maximum atomic E-state index is 14.6. The minimum atomic E-state index is -0.922. The van der Waals surface area contributed by atoms with Crippen LogP contribution in [0.15, 0.2) is 46.6 Å². The molecule has 0 saturated carbocycles. The summed E-state index contributed by atoms with van der Waals surface area (Å²) in [4.78, 5) is 23.4. The summed E-state index contributed by atoms with van der Waals surface area (Å²) in [5.41, 5.74) is 5.17. The van der Waals surface area contributed by atoms with Crippen LogP contribution >= 0.6 is 0 Å². The fraction of sp³-hybridized carbons (Fsp3) is 0.520. The molecule has 1 amide bonds. The van der Waals surface area contributed by atoms with Gasteiger partial charge in [-0.25, -0.2) is 24.3 Å². The highest BCUT2D eigenvalue weighted by atomic mass is 19.2. The van der Waals surface area contributed by atoms with Crippen LogP contribution in [0.25, 0.3) is 0 Å². The third-order valence-electron chi connectivity index (χ3n) is 5.97. The molecule has 2 heterocycles. The second-order valence-electron chi connectivity index (χ2n) is 9.51. The maximum Gasteiger partial charge on any atom is 0.266 e. The first-order chi connectivity index (χ1) is 15.8. The Bertz CT molecular complexity index is 1010. The first-order valence-corrected chi connectivity index (χ1v) is 11.4. The standard InChI is InChI=1S/C25H35BF2N4O2/c1-9-17(22(28)20(27)10-2)13-32-24(33)18(15(3)23(31(32)8)25(5,6)7)14-34-30-21-12-11-19(26)16(4)29-21/h9,11-12,23H,10,13-14H2,1-8H3,(H,29,30)/b17-9-,22-20-. The minimum Gasteiger partial charge on any atom is -0.270 e. The summed E-state index contributed by atoms with van der Waals surface area (Å²) >= 11 is 0. The molecule has 0 bridgehead atoms. The SMILES string of the molecule is [B]c1ccc(NOCC2=C(C)C(C(C)(C)C)N(C)N(CC(=C/C)/C(F)=C(/F)CC)C2=O)nc1C. The van der Waals surface area contributed by atoms with E-state index in [0.717, 1.165) is 5.57 Å². The van der Waals surface area contributed by atoms with Gasteiger partial charge in [0.25, 0.3) is 5.91 Å². The number of rotatable bonds is 8. The van der Waals surface area contributed by atoms with Crippen LogP contribution in [-0.2, 0) is 9.63 Å². The summed E-state index contributed by atoms with van der Waals surface area (Å²) in [6.07, 6.45) is 1.44. The van der Waals surface area contributed by atoms with E-state index in [0.29, 0.717) is 22.5 Å². The zero-order chi connectivity index (χ0) is 25.8. The molecule has 1 unspecified atom stereocenters. The van der Waals surface area contributed by atoms with Gasteiger partial charge in [0.15, 0.2) is 5.83 Å². The Morgan fingerprint density at radius 2 is 1.94 bits per heavy atom. The summed E-state index contributed by atoms with van der Waals surface area (Å²) in [7, 11) is 7.59. The van der Waals surface area contributed by atoms with Gasteiger partial charge in [-0.2, -0.15) is 0 Å². The van der Waals surface area contributed by atoms with Gasteiger partial charge >= 0.3 is 0 Å². The molecule has 1 aliphatic heterocycles. The van der Waals surface area contributed by atoms with Gasteiger partial charge in [-0.05, 0) is 44.2 Å². The molecule has 0 aromatic carbocycles. The summed E-state index contributed by atoms with van der Waals surface area (Å²) in [5, 5.41) is 3.26. The topological polar surface area (TPSA) is 57.7 Å². The summed E-state index contributed by atoms with van der Waals surface area (Å²) in [6, 6.07) is 3.23. The maximum absolute atomic E-state index is 14.6. The average molecular weight is 472 g/mol. The van der Waals surface area contributed by atoms with Gasteiger partial charge in [-0.3, -0.25) is 14.6 Å². The van der Waals surface area contributed by atoms with Crippen molar-refractivity contribution in [3.63, 3.8) is 0 Å². The Hall–Kier alpha value is -2.52. The molecule has 1 atom stereocenters. The van der Waals surface area contributed by atoms with Crippen molar-refractivity contribution in [1.82, 2.24) is 15.0 Å². The number of hydrogen-bond acceptors (Lipinski definition) is 5. The number of hydrogen-bond donors (Lipinski definition) is 1. The molecular weight excluding hydrogens is 437 g/mol. The van der Waals surface area contributed by atoms with Crippen molar-refractivity contribution in [2.45, 2.75) is 60.9 Å². The van der Waals surface area contributed by atoms with Crippen molar-refractivity contribution in [3.05, 3.63) is 52.3 Å². The lowest BCUT2D eigenvalue weighted by atomic mass is 9.79. The highest BCUT2D eigenvalue weighted by Gasteiger charge is 2.42. The molecule has 9 heteroatoms. The zero-order valence-electron chi connectivity index (χ0n) is 21.4. The minimum absolute atomic E-state index is 0.0283. The van der Waals surface area contributed by atoms with Gasteiger partial charge in [-0.15, -0.1) is 0 Å². The van der Waals surface area contributed by atoms with Crippen molar-refractivity contribution < 1.29 is 18.4 Å². The van der Waals surface area contributed by atoms with Crippen LogP contribution in [0.5, 0.6) is 0 Å². The third kappa shape index (κ3) is 6.13. The molecule has 1 aromatic rings. The first kappa shape index (κ1) is 27.7. The van der Waals surface area contributed by atoms with Crippen LogP contribution in [0.1, 0.15) is 53.7 Å². The molecule has 1 aliphatic rings.